The van der Waals surface area contributed by atoms with Gasteiger partial charge in [-0.05, 0) is 0 Å². The van der Waals surface area contributed by atoms with Crippen LogP contribution in [-0.2, 0) is 0 Å². The average Bonchev–Trinajstić information content (AvgIpc) is 1.90. The van der Waals surface area contributed by atoms with Gasteiger partial charge < -0.3 is 5.11 Å². The summed E-state index contributed by atoms with van der Waals surface area (Å²) in [7, 11) is 0. The van der Waals surface area contributed by atoms with Crippen molar-refractivity contribution in [3.05, 3.63) is 24.7 Å². The zero-order valence-corrected chi connectivity index (χ0v) is 4.52. The van der Waals surface area contributed by atoms with Crippen LogP contribution in [-0.4, -0.2) is 20.1 Å². The van der Waals surface area contributed by atoms with Crippen molar-refractivity contribution in [2.24, 2.45) is 5.73 Å². The van der Waals surface area contributed by atoms with Crippen molar-refractivity contribution in [3.63, 3.8) is 0 Å². The van der Waals surface area contributed by atoms with Crippen LogP contribution in [0.15, 0.2) is 12.7 Å². The van der Waals surface area contributed by atoms with Gasteiger partial charge in [-0.3, -0.25) is 5.73 Å². The first-order valence-corrected chi connectivity index (χ1v) is 2.24. The van der Waals surface area contributed by atoms with Gasteiger partial charge >= 0.3 is 0 Å². The third-order valence-electron chi connectivity index (χ3n) is 0.722. The second-order valence-electron chi connectivity index (χ2n) is 1.35. The molecular formula is C4H5N4O. The lowest BCUT2D eigenvalue weighted by atomic mass is 10.5. The summed E-state index contributed by atoms with van der Waals surface area (Å²) in [5.74, 6) is 0.102. The monoisotopic (exact) mass is 125 g/mol. The SMILES string of the molecule is N[C](O)c1ncncn1. The molecule has 1 radical (unpaired) electrons. The lowest BCUT2D eigenvalue weighted by Gasteiger charge is -1.95. The van der Waals surface area contributed by atoms with Gasteiger partial charge in [-0.2, -0.15) is 0 Å². The minimum Gasteiger partial charge on any atom is -0.365 e. The lowest BCUT2D eigenvalue weighted by molar-refractivity contribution is 0.320. The van der Waals surface area contributed by atoms with Crippen LogP contribution in [0, 0.1) is 6.23 Å². The van der Waals surface area contributed by atoms with Gasteiger partial charge in [-0.25, -0.2) is 15.0 Å². The van der Waals surface area contributed by atoms with Crippen LogP contribution in [0.5, 0.6) is 0 Å². The van der Waals surface area contributed by atoms with Crippen LogP contribution in [0.3, 0.4) is 0 Å². The second kappa shape index (κ2) is 2.47. The van der Waals surface area contributed by atoms with Gasteiger partial charge in [0.05, 0.1) is 0 Å². The molecule has 0 unspecified atom stereocenters. The zero-order valence-electron chi connectivity index (χ0n) is 4.52. The van der Waals surface area contributed by atoms with E-state index in [4.69, 9.17) is 10.8 Å². The van der Waals surface area contributed by atoms with Gasteiger partial charge in [0.15, 0.2) is 5.82 Å². The summed E-state index contributed by atoms with van der Waals surface area (Å²) in [6.07, 6.45) is 2.12. The Labute approximate surface area is 51.6 Å². The Hall–Kier alpha value is -1.07. The Morgan fingerprint density at radius 3 is 2.33 bits per heavy atom. The third-order valence-corrected chi connectivity index (χ3v) is 0.722. The maximum atomic E-state index is 8.57. The van der Waals surface area contributed by atoms with Crippen molar-refractivity contribution in [3.8, 4) is 0 Å². The van der Waals surface area contributed by atoms with E-state index < -0.39 is 6.23 Å². The van der Waals surface area contributed by atoms with Crippen LogP contribution < -0.4 is 5.73 Å². The first-order valence-electron chi connectivity index (χ1n) is 2.24. The molecule has 0 atom stereocenters. The summed E-state index contributed by atoms with van der Waals surface area (Å²) in [4.78, 5) is 10.6. The molecule has 9 heavy (non-hydrogen) atoms. The van der Waals surface area contributed by atoms with Crippen molar-refractivity contribution >= 4 is 0 Å². The molecule has 0 aliphatic rings. The van der Waals surface area contributed by atoms with Crippen LogP contribution in [0.4, 0.5) is 0 Å². The van der Waals surface area contributed by atoms with Gasteiger partial charge in [-0.1, -0.05) is 0 Å². The molecule has 1 rings (SSSR count). The Bertz CT molecular complexity index is 175. The summed E-state index contributed by atoms with van der Waals surface area (Å²) < 4.78 is 0. The van der Waals surface area contributed by atoms with E-state index >= 15 is 0 Å². The largest absolute Gasteiger partial charge is 0.365 e. The number of hydrogen-bond acceptors (Lipinski definition) is 5. The molecule has 5 heteroatoms. The van der Waals surface area contributed by atoms with E-state index in [2.05, 4.69) is 15.0 Å². The molecule has 1 heterocycles. The van der Waals surface area contributed by atoms with Crippen molar-refractivity contribution in [1.82, 2.24) is 15.0 Å². The predicted molar refractivity (Wildman–Crippen MR) is 28.3 cm³/mol. The molecule has 3 N–H and O–H groups in total. The average molecular weight is 125 g/mol. The number of aromatic nitrogens is 3. The summed E-state index contributed by atoms with van der Waals surface area (Å²) in [5.41, 5.74) is 4.93. The number of nitrogens with two attached hydrogens (primary N) is 1. The Morgan fingerprint density at radius 2 is 2.00 bits per heavy atom. The van der Waals surface area contributed by atoms with Gasteiger partial charge in [0.1, 0.15) is 12.7 Å². The molecule has 0 saturated heterocycles. The van der Waals surface area contributed by atoms with Crippen LogP contribution in [0.2, 0.25) is 0 Å². The third kappa shape index (κ3) is 1.41. The quantitative estimate of drug-likeness (QED) is 0.505. The van der Waals surface area contributed by atoms with E-state index in [1.165, 1.54) is 12.7 Å². The second-order valence-corrected chi connectivity index (χ2v) is 1.35. The Morgan fingerprint density at radius 1 is 1.44 bits per heavy atom. The Kier molecular flexibility index (Phi) is 1.66. The van der Waals surface area contributed by atoms with Crippen molar-refractivity contribution in [1.29, 1.82) is 0 Å². The number of aliphatic hydroxyl groups is 1. The fourth-order valence-corrected chi connectivity index (χ4v) is 0.371. The van der Waals surface area contributed by atoms with E-state index in [1.807, 2.05) is 0 Å². The molecule has 0 fully saturated rings. The predicted octanol–water partition coefficient (Wildman–Crippen LogP) is -0.960. The lowest BCUT2D eigenvalue weighted by Crippen LogP contribution is -2.13. The highest BCUT2D eigenvalue weighted by atomic mass is 16.3. The first-order chi connectivity index (χ1) is 4.30. The molecule has 0 bridgehead atoms. The minimum absolute atomic E-state index is 0.102. The molecular weight excluding hydrogens is 120 g/mol. The number of nitrogens with zero attached hydrogens (tertiary/aromatic N) is 3. The van der Waals surface area contributed by atoms with Gasteiger partial charge in [-0.15, -0.1) is 0 Å². The van der Waals surface area contributed by atoms with Gasteiger partial charge in [0.2, 0.25) is 6.23 Å². The molecule has 5 nitrogen and oxygen atoms in total. The highest BCUT2D eigenvalue weighted by Crippen LogP contribution is 1.91. The number of rotatable bonds is 1. The molecule has 0 aliphatic heterocycles. The van der Waals surface area contributed by atoms with Gasteiger partial charge in [0, 0.05) is 0 Å². The van der Waals surface area contributed by atoms with Crippen LogP contribution in [0.25, 0.3) is 0 Å². The standard InChI is InChI=1S/C4H5N4O/c5-3(9)4-7-1-6-2-8-4/h1-2,9H,5H2. The van der Waals surface area contributed by atoms with E-state index in [0.29, 0.717) is 0 Å². The van der Waals surface area contributed by atoms with Crippen molar-refractivity contribution in [2.75, 3.05) is 0 Å². The normalized spacial score (nSPS) is 10.1. The molecule has 0 spiro atoms. The fraction of sp³-hybridized carbons (Fsp3) is 0. The summed E-state index contributed by atoms with van der Waals surface area (Å²) in [6.45, 7) is 0. The van der Waals surface area contributed by atoms with Crippen LogP contribution >= 0.6 is 0 Å². The maximum Gasteiger partial charge on any atom is 0.225 e. The van der Waals surface area contributed by atoms with E-state index in [9.17, 15) is 0 Å². The van der Waals surface area contributed by atoms with E-state index in [0.717, 1.165) is 0 Å². The van der Waals surface area contributed by atoms with Crippen molar-refractivity contribution in [2.45, 2.75) is 0 Å². The van der Waals surface area contributed by atoms with E-state index in [1.54, 1.807) is 0 Å². The minimum atomic E-state index is -0.391. The molecule has 0 amide bonds. The summed E-state index contributed by atoms with van der Waals surface area (Å²) >= 11 is 0. The number of aliphatic hydroxyl groups excluding tert-OH is 1. The topological polar surface area (TPSA) is 84.9 Å². The Balaban J connectivity index is 2.85. The molecule has 0 saturated carbocycles. The van der Waals surface area contributed by atoms with Gasteiger partial charge in [0.25, 0.3) is 0 Å². The first kappa shape index (κ1) is 6.06. The number of hydrogen-bond donors (Lipinski definition) is 2. The van der Waals surface area contributed by atoms with Crippen LogP contribution in [0.1, 0.15) is 5.82 Å². The fourth-order valence-electron chi connectivity index (χ4n) is 0.371. The summed E-state index contributed by atoms with van der Waals surface area (Å²) in [5, 5.41) is 8.57. The molecule has 0 aliphatic carbocycles. The van der Waals surface area contributed by atoms with Crippen molar-refractivity contribution < 1.29 is 5.11 Å². The molecule has 1 aromatic rings. The highest BCUT2D eigenvalue weighted by Gasteiger charge is 2.02. The highest BCUT2D eigenvalue weighted by molar-refractivity contribution is 4.99. The summed E-state index contributed by atoms with van der Waals surface area (Å²) in [6, 6.07) is 0. The maximum absolute atomic E-state index is 8.57. The smallest absolute Gasteiger partial charge is 0.225 e. The zero-order chi connectivity index (χ0) is 6.69. The molecule has 47 valence electrons. The van der Waals surface area contributed by atoms with E-state index in [-0.39, 0.29) is 5.82 Å². The molecule has 1 aromatic heterocycles. The molecule has 0 aromatic carbocycles.